The molecule has 22 heavy (non-hydrogen) atoms. The predicted octanol–water partition coefficient (Wildman–Crippen LogP) is 2.77. The predicted molar refractivity (Wildman–Crippen MR) is 87.7 cm³/mol. The first-order chi connectivity index (χ1) is 10.7. The number of carbonyl (C=O) groups excluding carboxylic acids is 1. The van der Waals surface area contributed by atoms with Crippen LogP contribution in [0.5, 0.6) is 0 Å². The molecular formula is C18H20N2O2. The van der Waals surface area contributed by atoms with Gasteiger partial charge in [0.1, 0.15) is 0 Å². The molecule has 2 N–H and O–H groups in total. The van der Waals surface area contributed by atoms with Crippen molar-refractivity contribution >= 4 is 17.3 Å². The fraction of sp³-hybridized carbons (Fsp3) is 0.278. The van der Waals surface area contributed by atoms with Gasteiger partial charge in [-0.1, -0.05) is 43.3 Å². The Hall–Kier alpha value is -2.33. The summed E-state index contributed by atoms with van der Waals surface area (Å²) in [5.74, 6) is -0.00491. The molecule has 3 rings (SSSR count). The largest absolute Gasteiger partial charge is 0.392 e. The summed E-state index contributed by atoms with van der Waals surface area (Å²) in [5, 5.41) is 12.1. The van der Waals surface area contributed by atoms with Crippen LogP contribution in [-0.4, -0.2) is 17.6 Å². The van der Waals surface area contributed by atoms with Gasteiger partial charge in [-0.15, -0.1) is 0 Å². The zero-order chi connectivity index (χ0) is 15.5. The number of anilines is 2. The van der Waals surface area contributed by atoms with E-state index in [0.717, 1.165) is 29.0 Å². The van der Waals surface area contributed by atoms with Gasteiger partial charge in [0, 0.05) is 13.1 Å². The highest BCUT2D eigenvalue weighted by Crippen LogP contribution is 2.30. The number of carbonyl (C=O) groups is 1. The molecule has 114 valence electrons. The topological polar surface area (TPSA) is 52.6 Å². The van der Waals surface area contributed by atoms with Gasteiger partial charge in [-0.25, -0.2) is 0 Å². The molecule has 0 radical (unpaired) electrons. The highest BCUT2D eigenvalue weighted by Gasteiger charge is 2.24. The maximum Gasteiger partial charge on any atom is 0.229 e. The van der Waals surface area contributed by atoms with Crippen LogP contribution in [0.2, 0.25) is 0 Å². The van der Waals surface area contributed by atoms with Crippen molar-refractivity contribution in [1.82, 2.24) is 0 Å². The molecule has 0 fully saturated rings. The molecule has 0 aliphatic carbocycles. The van der Waals surface area contributed by atoms with Crippen molar-refractivity contribution in [1.29, 1.82) is 0 Å². The Morgan fingerprint density at radius 2 is 1.82 bits per heavy atom. The van der Waals surface area contributed by atoms with Crippen LogP contribution in [0.3, 0.4) is 0 Å². The Morgan fingerprint density at radius 3 is 2.55 bits per heavy atom. The molecule has 1 amide bonds. The third kappa shape index (κ3) is 2.97. The Morgan fingerprint density at radius 1 is 1.14 bits per heavy atom. The van der Waals surface area contributed by atoms with Crippen LogP contribution in [0.4, 0.5) is 11.4 Å². The molecule has 0 aromatic heterocycles. The smallest absolute Gasteiger partial charge is 0.229 e. The third-order valence-corrected chi connectivity index (χ3v) is 4.02. The normalized spacial score (nSPS) is 17.6. The van der Waals surface area contributed by atoms with Gasteiger partial charge in [-0.2, -0.15) is 0 Å². The van der Waals surface area contributed by atoms with Crippen molar-refractivity contribution in [2.24, 2.45) is 5.92 Å². The number of rotatable bonds is 3. The van der Waals surface area contributed by atoms with Crippen LogP contribution < -0.4 is 10.2 Å². The lowest BCUT2D eigenvalue weighted by Gasteiger charge is -2.25. The number of benzene rings is 2. The van der Waals surface area contributed by atoms with Crippen LogP contribution in [0.15, 0.2) is 48.5 Å². The summed E-state index contributed by atoms with van der Waals surface area (Å²) in [6.45, 7) is 3.43. The van der Waals surface area contributed by atoms with Crippen molar-refractivity contribution in [3.63, 3.8) is 0 Å². The molecule has 1 aliphatic heterocycles. The highest BCUT2D eigenvalue weighted by molar-refractivity contribution is 5.97. The Kier molecular flexibility index (Phi) is 4.11. The lowest BCUT2D eigenvalue weighted by atomic mass is 10.1. The molecule has 0 saturated heterocycles. The minimum absolute atomic E-state index is 0.0578. The van der Waals surface area contributed by atoms with Gasteiger partial charge in [0.15, 0.2) is 0 Å². The van der Waals surface area contributed by atoms with Crippen molar-refractivity contribution in [3.05, 3.63) is 59.7 Å². The van der Waals surface area contributed by atoms with E-state index < -0.39 is 0 Å². The second kappa shape index (κ2) is 6.20. The number of amides is 1. The van der Waals surface area contributed by atoms with E-state index in [0.29, 0.717) is 6.54 Å². The molecule has 1 unspecified atom stereocenters. The minimum Gasteiger partial charge on any atom is -0.392 e. The number of nitrogens with zero attached hydrogens (tertiary/aromatic N) is 1. The molecule has 4 heteroatoms. The van der Waals surface area contributed by atoms with Crippen molar-refractivity contribution < 1.29 is 9.90 Å². The van der Waals surface area contributed by atoms with Gasteiger partial charge in [0.05, 0.1) is 23.9 Å². The molecule has 0 bridgehead atoms. The summed E-state index contributed by atoms with van der Waals surface area (Å²) in [7, 11) is 0. The SMILES string of the molecule is CC1CN(Cc2ccc(CO)cc2)c2ccccc2NC1=O. The molecule has 4 nitrogen and oxygen atoms in total. The molecule has 0 saturated carbocycles. The first kappa shape index (κ1) is 14.6. The number of para-hydroxylation sites is 2. The van der Waals surface area contributed by atoms with Crippen LogP contribution in [0.25, 0.3) is 0 Å². The number of nitrogens with one attached hydrogen (secondary N) is 1. The Bertz CT molecular complexity index is 667. The molecule has 0 spiro atoms. The number of hydrogen-bond acceptors (Lipinski definition) is 3. The van der Waals surface area contributed by atoms with Crippen LogP contribution in [-0.2, 0) is 17.9 Å². The monoisotopic (exact) mass is 296 g/mol. The average molecular weight is 296 g/mol. The Balaban J connectivity index is 1.89. The quantitative estimate of drug-likeness (QED) is 0.915. The second-order valence-corrected chi connectivity index (χ2v) is 5.76. The fourth-order valence-electron chi connectivity index (χ4n) is 2.74. The van der Waals surface area contributed by atoms with Crippen LogP contribution >= 0.6 is 0 Å². The van der Waals surface area contributed by atoms with Gasteiger partial charge >= 0.3 is 0 Å². The van der Waals surface area contributed by atoms with Gasteiger partial charge in [-0.3, -0.25) is 4.79 Å². The molecule has 1 atom stereocenters. The van der Waals surface area contributed by atoms with Gasteiger partial charge < -0.3 is 15.3 Å². The lowest BCUT2D eigenvalue weighted by molar-refractivity contribution is -0.119. The summed E-state index contributed by atoms with van der Waals surface area (Å²) in [5.41, 5.74) is 3.98. The average Bonchev–Trinajstić information content (AvgIpc) is 2.66. The summed E-state index contributed by atoms with van der Waals surface area (Å²) in [6.07, 6.45) is 0. The first-order valence-electron chi connectivity index (χ1n) is 7.51. The van der Waals surface area contributed by atoms with Crippen molar-refractivity contribution in [3.8, 4) is 0 Å². The minimum atomic E-state index is -0.0656. The van der Waals surface area contributed by atoms with Gasteiger partial charge in [0.2, 0.25) is 5.91 Å². The summed E-state index contributed by atoms with van der Waals surface area (Å²) in [6, 6.07) is 15.8. The van der Waals surface area contributed by atoms with Crippen molar-refractivity contribution in [2.45, 2.75) is 20.1 Å². The molecular weight excluding hydrogens is 276 g/mol. The van der Waals surface area contributed by atoms with Crippen LogP contribution in [0, 0.1) is 5.92 Å². The second-order valence-electron chi connectivity index (χ2n) is 5.76. The standard InChI is InChI=1S/C18H20N2O2/c1-13-10-20(11-14-6-8-15(12-21)9-7-14)17-5-3-2-4-16(17)19-18(13)22/h2-9,13,21H,10-12H2,1H3,(H,19,22). The lowest BCUT2D eigenvalue weighted by Crippen LogP contribution is -2.30. The van der Waals surface area contributed by atoms with Gasteiger partial charge in [0.25, 0.3) is 0 Å². The van der Waals surface area contributed by atoms with Gasteiger partial charge in [-0.05, 0) is 23.3 Å². The van der Waals surface area contributed by atoms with E-state index in [1.165, 1.54) is 0 Å². The summed E-state index contributed by atoms with van der Waals surface area (Å²) >= 11 is 0. The molecule has 2 aromatic rings. The molecule has 1 aliphatic rings. The number of aliphatic hydroxyl groups is 1. The maximum absolute atomic E-state index is 12.1. The van der Waals surface area contributed by atoms with E-state index in [2.05, 4.69) is 10.2 Å². The Labute approximate surface area is 130 Å². The van der Waals surface area contributed by atoms with E-state index in [9.17, 15) is 4.79 Å². The number of aliphatic hydroxyl groups excluding tert-OH is 1. The maximum atomic E-state index is 12.1. The third-order valence-electron chi connectivity index (χ3n) is 4.02. The van der Waals surface area contributed by atoms with E-state index in [-0.39, 0.29) is 18.4 Å². The highest BCUT2D eigenvalue weighted by atomic mass is 16.3. The zero-order valence-electron chi connectivity index (χ0n) is 12.6. The summed E-state index contributed by atoms with van der Waals surface area (Å²) in [4.78, 5) is 14.3. The van der Waals surface area contributed by atoms with E-state index in [1.54, 1.807) is 0 Å². The summed E-state index contributed by atoms with van der Waals surface area (Å²) < 4.78 is 0. The first-order valence-corrected chi connectivity index (χ1v) is 7.51. The van der Waals surface area contributed by atoms with E-state index in [1.807, 2.05) is 55.5 Å². The van der Waals surface area contributed by atoms with Crippen LogP contribution in [0.1, 0.15) is 18.1 Å². The van der Waals surface area contributed by atoms with Crippen molar-refractivity contribution in [2.75, 3.05) is 16.8 Å². The molecule has 2 aromatic carbocycles. The fourth-order valence-corrected chi connectivity index (χ4v) is 2.74. The number of fused-ring (bicyclic) bond motifs is 1. The van der Waals surface area contributed by atoms with E-state index >= 15 is 0 Å². The molecule has 1 heterocycles. The zero-order valence-corrected chi connectivity index (χ0v) is 12.6. The van der Waals surface area contributed by atoms with E-state index in [4.69, 9.17) is 5.11 Å². The number of hydrogen-bond donors (Lipinski definition) is 2.